The zero-order valence-electron chi connectivity index (χ0n) is 16.6. The summed E-state index contributed by atoms with van der Waals surface area (Å²) in [4.78, 5) is 32.9. The van der Waals surface area contributed by atoms with Gasteiger partial charge < -0.3 is 16.4 Å². The quantitative estimate of drug-likeness (QED) is 0.608. The summed E-state index contributed by atoms with van der Waals surface area (Å²) in [6, 6.07) is 7.86. The summed E-state index contributed by atoms with van der Waals surface area (Å²) in [6.07, 6.45) is 5.52. The fraction of sp³-hybridized carbons (Fsp3) is 0.409. The number of benzene rings is 1. The van der Waals surface area contributed by atoms with Gasteiger partial charge in [0.05, 0.1) is 17.3 Å². The first-order valence-corrected chi connectivity index (χ1v) is 10.2. The Morgan fingerprint density at radius 2 is 2.00 bits per heavy atom. The van der Waals surface area contributed by atoms with Crippen molar-refractivity contribution in [2.45, 2.75) is 51.4 Å². The van der Waals surface area contributed by atoms with Crippen molar-refractivity contribution in [3.8, 4) is 0 Å². The maximum absolute atomic E-state index is 11.9. The van der Waals surface area contributed by atoms with Crippen LogP contribution in [0.5, 0.6) is 0 Å². The first-order valence-electron chi connectivity index (χ1n) is 10.2. The van der Waals surface area contributed by atoms with Crippen molar-refractivity contribution in [3.05, 3.63) is 52.8 Å². The molecule has 0 saturated heterocycles. The minimum absolute atomic E-state index is 0.0734. The Kier molecular flexibility index (Phi) is 5.47. The van der Waals surface area contributed by atoms with Gasteiger partial charge >= 0.3 is 0 Å². The molecule has 0 spiro atoms. The van der Waals surface area contributed by atoms with E-state index in [1.54, 1.807) is 0 Å². The molecular weight excluding hydrogens is 366 g/mol. The third kappa shape index (κ3) is 4.72. The lowest BCUT2D eigenvalue weighted by Gasteiger charge is -2.14. The lowest BCUT2D eigenvalue weighted by Crippen LogP contribution is -2.26. The molecule has 7 heteroatoms. The Morgan fingerprint density at radius 3 is 2.66 bits per heavy atom. The zero-order valence-corrected chi connectivity index (χ0v) is 16.6. The van der Waals surface area contributed by atoms with Crippen molar-refractivity contribution in [1.82, 2.24) is 15.3 Å². The standard InChI is InChI=1S/C22H26N5O2/c1-2-17-18(14-6-7-14)27-21(19(26-17)20(23)28)25-16-5-3-4-13(12-16)10-11-24-22(29)15-8-9-15/h3-5,12,14H,2,6-11H2,1H3,(H2,23,28)(H,24,29)(H,25,27). The predicted molar refractivity (Wildman–Crippen MR) is 111 cm³/mol. The number of nitrogens with one attached hydrogen (secondary N) is 2. The molecule has 2 saturated carbocycles. The highest BCUT2D eigenvalue weighted by atomic mass is 16.2. The Morgan fingerprint density at radius 1 is 1.21 bits per heavy atom. The highest BCUT2D eigenvalue weighted by molar-refractivity contribution is 5.96. The van der Waals surface area contributed by atoms with Crippen LogP contribution in [0.25, 0.3) is 0 Å². The van der Waals surface area contributed by atoms with Gasteiger partial charge in [-0.2, -0.15) is 0 Å². The van der Waals surface area contributed by atoms with E-state index < -0.39 is 5.91 Å². The van der Waals surface area contributed by atoms with Crippen LogP contribution in [0.1, 0.15) is 66.0 Å². The van der Waals surface area contributed by atoms with Crippen molar-refractivity contribution < 1.29 is 9.59 Å². The number of hydrogen-bond donors (Lipinski definition) is 3. The molecule has 1 heterocycles. The van der Waals surface area contributed by atoms with Gasteiger partial charge in [-0.25, -0.2) is 9.97 Å². The summed E-state index contributed by atoms with van der Waals surface area (Å²) in [7, 11) is 0. The molecule has 0 aliphatic heterocycles. The number of nitrogens with zero attached hydrogens (tertiary/aromatic N) is 2. The smallest absolute Gasteiger partial charge is 0.271 e. The first kappa shape index (κ1) is 19.4. The minimum atomic E-state index is -0.589. The maximum atomic E-state index is 11.9. The van der Waals surface area contributed by atoms with Crippen LogP contribution in [-0.4, -0.2) is 28.3 Å². The van der Waals surface area contributed by atoms with Crippen LogP contribution in [0.4, 0.5) is 11.5 Å². The van der Waals surface area contributed by atoms with Crippen LogP contribution < -0.4 is 16.4 Å². The van der Waals surface area contributed by atoms with E-state index in [1.165, 1.54) is 0 Å². The van der Waals surface area contributed by atoms with Gasteiger partial charge in [0.2, 0.25) is 5.91 Å². The molecule has 0 unspecified atom stereocenters. The number of carbonyl (C=O) groups is 2. The Balaban J connectivity index is 1.50. The molecular formula is C22H26N5O2. The molecule has 2 amide bonds. The van der Waals surface area contributed by atoms with Crippen molar-refractivity contribution in [1.29, 1.82) is 0 Å². The second kappa shape index (κ2) is 8.19. The molecule has 29 heavy (non-hydrogen) atoms. The first-order chi connectivity index (χ1) is 14.0. The maximum Gasteiger partial charge on any atom is 0.271 e. The zero-order chi connectivity index (χ0) is 20.4. The lowest BCUT2D eigenvalue weighted by molar-refractivity contribution is -0.118. The lowest BCUT2D eigenvalue weighted by atomic mass is 10.1. The second-order valence-corrected chi connectivity index (χ2v) is 7.68. The predicted octanol–water partition coefficient (Wildman–Crippen LogP) is 2.79. The summed E-state index contributed by atoms with van der Waals surface area (Å²) >= 11 is 0. The van der Waals surface area contributed by atoms with Crippen molar-refractivity contribution >= 4 is 23.3 Å². The summed E-state index contributed by atoms with van der Waals surface area (Å²) in [6.45, 7) is 2.60. The van der Waals surface area contributed by atoms with Crippen molar-refractivity contribution in [2.24, 2.45) is 5.73 Å². The molecule has 4 N–H and O–H groups in total. The number of aryl methyl sites for hydroxylation is 1. The van der Waals surface area contributed by atoms with Gasteiger partial charge in [0, 0.05) is 18.2 Å². The SMILES string of the molecule is CCc1nc(C(N)=O)c(Nc2cccc(CCNC(=O)[C]3CC3)c2)nc1C1CC1. The van der Waals surface area contributed by atoms with E-state index in [9.17, 15) is 9.59 Å². The van der Waals surface area contributed by atoms with Crippen molar-refractivity contribution in [2.75, 3.05) is 11.9 Å². The molecule has 1 radical (unpaired) electrons. The van der Waals surface area contributed by atoms with E-state index in [0.717, 1.165) is 67.1 Å². The molecule has 151 valence electrons. The van der Waals surface area contributed by atoms with E-state index in [0.29, 0.717) is 18.3 Å². The molecule has 1 aromatic carbocycles. The normalized spacial score (nSPS) is 15.8. The van der Waals surface area contributed by atoms with Crippen LogP contribution in [0.3, 0.4) is 0 Å². The molecule has 0 atom stereocenters. The van der Waals surface area contributed by atoms with Gasteiger partial charge in [0.15, 0.2) is 11.5 Å². The number of amides is 2. The Labute approximate surface area is 170 Å². The fourth-order valence-corrected chi connectivity index (χ4v) is 3.36. The molecule has 7 nitrogen and oxygen atoms in total. The fourth-order valence-electron chi connectivity index (χ4n) is 3.36. The van der Waals surface area contributed by atoms with Crippen LogP contribution >= 0.6 is 0 Å². The molecule has 4 rings (SSSR count). The number of hydrogen-bond acceptors (Lipinski definition) is 5. The summed E-state index contributed by atoms with van der Waals surface area (Å²) in [5, 5.41) is 6.18. The van der Waals surface area contributed by atoms with Gasteiger partial charge in [-0.3, -0.25) is 9.59 Å². The number of primary amides is 1. The molecule has 2 aromatic rings. The van der Waals surface area contributed by atoms with Crippen LogP contribution in [0.2, 0.25) is 0 Å². The summed E-state index contributed by atoms with van der Waals surface area (Å²) in [5.41, 5.74) is 9.45. The van der Waals surface area contributed by atoms with E-state index >= 15 is 0 Å². The average molecular weight is 392 g/mol. The molecule has 2 aliphatic carbocycles. The van der Waals surface area contributed by atoms with Gasteiger partial charge in [-0.05, 0) is 56.2 Å². The molecule has 2 fully saturated rings. The third-order valence-electron chi connectivity index (χ3n) is 5.24. The number of rotatable bonds is 9. The monoisotopic (exact) mass is 392 g/mol. The molecule has 0 bridgehead atoms. The average Bonchev–Trinajstić information content (AvgIpc) is 3.60. The summed E-state index contributed by atoms with van der Waals surface area (Å²) in [5.74, 6) is 1.31. The Hall–Kier alpha value is -2.96. The van der Waals surface area contributed by atoms with Crippen LogP contribution in [0, 0.1) is 5.92 Å². The number of anilines is 2. The van der Waals surface area contributed by atoms with E-state index in [1.807, 2.05) is 31.2 Å². The van der Waals surface area contributed by atoms with E-state index in [4.69, 9.17) is 10.7 Å². The van der Waals surface area contributed by atoms with Crippen LogP contribution in [0.15, 0.2) is 24.3 Å². The second-order valence-electron chi connectivity index (χ2n) is 7.68. The topological polar surface area (TPSA) is 110 Å². The largest absolute Gasteiger partial charge is 0.364 e. The highest BCUT2D eigenvalue weighted by Crippen LogP contribution is 2.41. The number of aromatic nitrogens is 2. The van der Waals surface area contributed by atoms with Crippen molar-refractivity contribution in [3.63, 3.8) is 0 Å². The van der Waals surface area contributed by atoms with Gasteiger partial charge in [0.1, 0.15) is 0 Å². The third-order valence-corrected chi connectivity index (χ3v) is 5.24. The van der Waals surface area contributed by atoms with E-state index in [2.05, 4.69) is 15.6 Å². The number of nitrogens with two attached hydrogens (primary N) is 1. The van der Waals surface area contributed by atoms with Gasteiger partial charge in [0.25, 0.3) is 5.91 Å². The summed E-state index contributed by atoms with van der Waals surface area (Å²) < 4.78 is 0. The minimum Gasteiger partial charge on any atom is -0.364 e. The molecule has 1 aromatic heterocycles. The molecule has 2 aliphatic rings. The van der Waals surface area contributed by atoms with E-state index in [-0.39, 0.29) is 11.6 Å². The Bertz CT molecular complexity index is 935. The number of carbonyl (C=O) groups excluding carboxylic acids is 2. The highest BCUT2D eigenvalue weighted by Gasteiger charge is 2.31. The van der Waals surface area contributed by atoms with Gasteiger partial charge in [-0.15, -0.1) is 0 Å². The van der Waals surface area contributed by atoms with Gasteiger partial charge in [-0.1, -0.05) is 19.1 Å². The van der Waals surface area contributed by atoms with Crippen LogP contribution in [-0.2, 0) is 17.6 Å².